The number of halogens is 1. The molecule has 1 fully saturated rings. The summed E-state index contributed by atoms with van der Waals surface area (Å²) in [4.78, 5) is 11.0. The molecule has 0 saturated heterocycles. The van der Waals surface area contributed by atoms with Crippen LogP contribution in [0.15, 0.2) is 12.1 Å². The van der Waals surface area contributed by atoms with Crippen molar-refractivity contribution in [2.24, 2.45) is 0 Å². The Morgan fingerprint density at radius 2 is 1.78 bits per heavy atom. The number of carboxylic acids is 1. The first-order valence-corrected chi connectivity index (χ1v) is 6.42. The third-order valence-electron chi connectivity index (χ3n) is 3.47. The summed E-state index contributed by atoms with van der Waals surface area (Å²) in [5, 5.41) is 9.20. The molecule has 0 unspecified atom stereocenters. The number of fused-ring (bicyclic) bond motifs is 1. The van der Waals surface area contributed by atoms with Crippen molar-refractivity contribution in [3.8, 4) is 11.5 Å². The van der Waals surface area contributed by atoms with Gasteiger partial charge < -0.3 is 14.6 Å². The molecule has 0 atom stereocenters. The Bertz CT molecular complexity index is 506. The zero-order valence-electron chi connectivity index (χ0n) is 9.74. The minimum absolute atomic E-state index is 0.0480. The van der Waals surface area contributed by atoms with Crippen LogP contribution in [-0.4, -0.2) is 16.9 Å². The second-order valence-corrected chi connectivity index (χ2v) is 5.17. The number of aromatic carboxylic acids is 1. The first kappa shape index (κ1) is 11.7. The summed E-state index contributed by atoms with van der Waals surface area (Å²) in [5.74, 6) is -0.622. The smallest absolute Gasteiger partial charge is 0.337 e. The molecular weight excluding hydrogens is 256 g/mol. The van der Waals surface area contributed by atoms with Crippen LogP contribution in [0.3, 0.4) is 0 Å². The average molecular weight is 269 g/mol. The minimum Gasteiger partial charge on any atom is -0.478 e. The zero-order chi connectivity index (χ0) is 12.8. The monoisotopic (exact) mass is 268 g/mol. The highest BCUT2D eigenvalue weighted by atomic mass is 35.5. The third-order valence-corrected chi connectivity index (χ3v) is 3.78. The molecule has 0 amide bonds. The van der Waals surface area contributed by atoms with Crippen molar-refractivity contribution in [3.63, 3.8) is 0 Å². The van der Waals surface area contributed by atoms with E-state index in [1.165, 1.54) is 18.6 Å². The Hall–Kier alpha value is -1.42. The normalized spacial score (nSPS) is 20.1. The molecule has 5 heteroatoms. The molecule has 1 aromatic carbocycles. The maximum absolute atomic E-state index is 11.0. The second-order valence-electron chi connectivity index (χ2n) is 4.76. The van der Waals surface area contributed by atoms with Gasteiger partial charge in [0.2, 0.25) is 0 Å². The van der Waals surface area contributed by atoms with Crippen LogP contribution in [0, 0.1) is 0 Å². The average Bonchev–Trinajstić information content (AvgIpc) is 2.65. The maximum Gasteiger partial charge on any atom is 0.337 e. The van der Waals surface area contributed by atoms with Crippen LogP contribution in [0.2, 0.25) is 5.02 Å². The van der Waals surface area contributed by atoms with Gasteiger partial charge in [0, 0.05) is 25.0 Å². The molecule has 0 bridgehead atoms. The molecule has 96 valence electrons. The number of hydrogen-bond donors (Lipinski definition) is 1. The van der Waals surface area contributed by atoms with Gasteiger partial charge in [-0.15, -0.1) is 0 Å². The van der Waals surface area contributed by atoms with Gasteiger partial charge in [0.1, 0.15) is 0 Å². The van der Waals surface area contributed by atoms with Crippen molar-refractivity contribution >= 4 is 17.6 Å². The van der Waals surface area contributed by atoms with E-state index in [0.29, 0.717) is 11.5 Å². The fraction of sp³-hybridized carbons (Fsp3) is 0.462. The van der Waals surface area contributed by atoms with E-state index in [0.717, 1.165) is 25.7 Å². The van der Waals surface area contributed by atoms with Crippen LogP contribution >= 0.6 is 11.6 Å². The Labute approximate surface area is 109 Å². The number of ether oxygens (including phenoxy) is 2. The van der Waals surface area contributed by atoms with Gasteiger partial charge in [-0.1, -0.05) is 18.0 Å². The van der Waals surface area contributed by atoms with Gasteiger partial charge in [-0.25, -0.2) is 4.79 Å². The first-order chi connectivity index (χ1) is 8.60. The van der Waals surface area contributed by atoms with E-state index >= 15 is 0 Å². The van der Waals surface area contributed by atoms with Crippen molar-refractivity contribution < 1.29 is 19.4 Å². The molecule has 1 saturated carbocycles. The summed E-state index contributed by atoms with van der Waals surface area (Å²) in [6, 6.07) is 2.98. The molecule has 18 heavy (non-hydrogen) atoms. The highest BCUT2D eigenvalue weighted by Gasteiger charge is 2.43. The van der Waals surface area contributed by atoms with E-state index in [9.17, 15) is 4.79 Å². The third kappa shape index (κ3) is 1.81. The number of carbonyl (C=O) groups is 1. The molecule has 1 N–H and O–H groups in total. The molecule has 1 aromatic rings. The first-order valence-electron chi connectivity index (χ1n) is 6.05. The predicted octanol–water partition coefficient (Wildman–Crippen LogP) is 3.47. The van der Waals surface area contributed by atoms with Gasteiger partial charge >= 0.3 is 5.97 Å². The quantitative estimate of drug-likeness (QED) is 0.847. The van der Waals surface area contributed by atoms with E-state index in [-0.39, 0.29) is 10.6 Å². The number of rotatable bonds is 1. The lowest BCUT2D eigenvalue weighted by atomic mass is 9.94. The lowest BCUT2D eigenvalue weighted by Crippen LogP contribution is -2.40. The molecular formula is C13H13ClO4. The molecule has 1 aliphatic heterocycles. The summed E-state index contributed by atoms with van der Waals surface area (Å²) in [6.07, 6.45) is 4.98. The van der Waals surface area contributed by atoms with Crippen molar-refractivity contribution in [2.45, 2.75) is 37.9 Å². The van der Waals surface area contributed by atoms with Gasteiger partial charge in [-0.2, -0.15) is 0 Å². The van der Waals surface area contributed by atoms with E-state index in [2.05, 4.69) is 0 Å². The molecule has 0 radical (unpaired) electrons. The van der Waals surface area contributed by atoms with Gasteiger partial charge in [-0.05, 0) is 12.8 Å². The Kier molecular flexibility index (Phi) is 2.63. The van der Waals surface area contributed by atoms with Crippen LogP contribution in [0.4, 0.5) is 0 Å². The molecule has 0 aromatic heterocycles. The Balaban J connectivity index is 1.95. The number of carboxylic acid groups (broad SMARTS) is 1. The molecule has 1 heterocycles. The summed E-state index contributed by atoms with van der Waals surface area (Å²) < 4.78 is 11.7. The van der Waals surface area contributed by atoms with Crippen molar-refractivity contribution in [3.05, 3.63) is 22.7 Å². The minimum atomic E-state index is -1.06. The van der Waals surface area contributed by atoms with Crippen molar-refractivity contribution in [1.82, 2.24) is 0 Å². The largest absolute Gasteiger partial charge is 0.478 e. The standard InChI is InChI=1S/C13H13ClO4/c14-9-7-11-10(6-8(9)12(15)16)17-13(18-11)4-2-1-3-5-13/h6-7H,1-5H2,(H,15,16). The maximum atomic E-state index is 11.0. The van der Waals surface area contributed by atoms with Gasteiger partial charge in [0.25, 0.3) is 5.79 Å². The van der Waals surface area contributed by atoms with Gasteiger partial charge in [0.05, 0.1) is 10.6 Å². The topological polar surface area (TPSA) is 55.8 Å². The van der Waals surface area contributed by atoms with E-state index in [1.54, 1.807) is 0 Å². The summed E-state index contributed by atoms with van der Waals surface area (Å²) in [6.45, 7) is 0. The predicted molar refractivity (Wildman–Crippen MR) is 65.5 cm³/mol. The van der Waals surface area contributed by atoms with Crippen LogP contribution in [0.25, 0.3) is 0 Å². The van der Waals surface area contributed by atoms with E-state index in [1.807, 2.05) is 0 Å². The SMILES string of the molecule is O=C(O)c1cc2c(cc1Cl)OC1(CCCCC1)O2. The second kappa shape index (κ2) is 4.05. The Morgan fingerprint density at radius 1 is 1.17 bits per heavy atom. The van der Waals surface area contributed by atoms with Gasteiger partial charge in [0.15, 0.2) is 11.5 Å². The lowest BCUT2D eigenvalue weighted by Gasteiger charge is -2.31. The Morgan fingerprint density at radius 3 is 2.39 bits per heavy atom. The summed E-state index contributed by atoms with van der Waals surface area (Å²) in [5.41, 5.74) is 0.0480. The molecule has 1 aliphatic carbocycles. The fourth-order valence-corrected chi connectivity index (χ4v) is 2.81. The van der Waals surface area contributed by atoms with Crippen LogP contribution in [-0.2, 0) is 0 Å². The molecule has 2 aliphatic rings. The highest BCUT2D eigenvalue weighted by Crippen LogP contribution is 2.47. The number of hydrogen-bond acceptors (Lipinski definition) is 3. The zero-order valence-corrected chi connectivity index (χ0v) is 10.5. The summed E-state index contributed by atoms with van der Waals surface area (Å²) >= 11 is 5.91. The lowest BCUT2D eigenvalue weighted by molar-refractivity contribution is -0.105. The van der Waals surface area contributed by atoms with Crippen LogP contribution in [0.1, 0.15) is 42.5 Å². The van der Waals surface area contributed by atoms with Crippen LogP contribution in [0.5, 0.6) is 11.5 Å². The summed E-state index contributed by atoms with van der Waals surface area (Å²) in [7, 11) is 0. The fourth-order valence-electron chi connectivity index (χ4n) is 2.57. The molecule has 3 rings (SSSR count). The van der Waals surface area contributed by atoms with Crippen molar-refractivity contribution in [1.29, 1.82) is 0 Å². The number of benzene rings is 1. The molecule has 4 nitrogen and oxygen atoms in total. The highest BCUT2D eigenvalue weighted by molar-refractivity contribution is 6.33. The van der Waals surface area contributed by atoms with Crippen LogP contribution < -0.4 is 9.47 Å². The van der Waals surface area contributed by atoms with E-state index in [4.69, 9.17) is 26.2 Å². The van der Waals surface area contributed by atoms with E-state index < -0.39 is 11.8 Å². The van der Waals surface area contributed by atoms with Crippen molar-refractivity contribution in [2.75, 3.05) is 0 Å². The van der Waals surface area contributed by atoms with Gasteiger partial charge in [-0.3, -0.25) is 0 Å². The molecule has 1 spiro atoms.